The van der Waals surface area contributed by atoms with E-state index in [1.807, 2.05) is 29.7 Å². The SMILES string of the molecule is CCc1ccc(NC(c2ccc(Cl)cc2)C(CC)N2C=NCC=N2)cc1. The Hall–Kier alpha value is -2.33. The van der Waals surface area contributed by atoms with E-state index >= 15 is 0 Å². The van der Waals surface area contributed by atoms with Crippen LogP contribution in [0.1, 0.15) is 37.4 Å². The molecule has 5 heteroatoms. The zero-order valence-corrected chi connectivity index (χ0v) is 16.0. The number of rotatable bonds is 7. The molecule has 1 aliphatic heterocycles. The average Bonchev–Trinajstić information content (AvgIpc) is 2.70. The molecule has 136 valence electrons. The Labute approximate surface area is 160 Å². The van der Waals surface area contributed by atoms with Gasteiger partial charge in [-0.15, -0.1) is 0 Å². The molecule has 0 aromatic heterocycles. The van der Waals surface area contributed by atoms with Crippen LogP contribution in [0.2, 0.25) is 5.02 Å². The summed E-state index contributed by atoms with van der Waals surface area (Å²) < 4.78 is 0. The van der Waals surface area contributed by atoms with Gasteiger partial charge in [0.05, 0.1) is 18.6 Å². The van der Waals surface area contributed by atoms with Gasteiger partial charge in [0.1, 0.15) is 6.34 Å². The van der Waals surface area contributed by atoms with Crippen LogP contribution in [0.3, 0.4) is 0 Å². The van der Waals surface area contributed by atoms with Crippen molar-refractivity contribution < 1.29 is 0 Å². The molecule has 2 unspecified atom stereocenters. The first kappa shape index (κ1) is 18.5. The molecule has 1 aliphatic rings. The third kappa shape index (κ3) is 4.44. The summed E-state index contributed by atoms with van der Waals surface area (Å²) in [6.45, 7) is 4.98. The molecular weight excluding hydrogens is 344 g/mol. The summed E-state index contributed by atoms with van der Waals surface area (Å²) in [5, 5.41) is 10.9. The monoisotopic (exact) mass is 368 g/mol. The van der Waals surface area contributed by atoms with E-state index in [9.17, 15) is 0 Å². The number of nitrogens with zero attached hydrogens (tertiary/aromatic N) is 3. The molecule has 26 heavy (non-hydrogen) atoms. The van der Waals surface area contributed by atoms with Gasteiger partial charge in [0.2, 0.25) is 0 Å². The van der Waals surface area contributed by atoms with Crippen molar-refractivity contribution in [3.63, 3.8) is 0 Å². The first-order valence-corrected chi connectivity index (χ1v) is 9.50. The zero-order chi connectivity index (χ0) is 18.4. The highest BCUT2D eigenvalue weighted by atomic mass is 35.5. The second-order valence-electron chi connectivity index (χ2n) is 6.36. The number of halogens is 1. The van der Waals surface area contributed by atoms with E-state index < -0.39 is 0 Å². The molecule has 2 aromatic carbocycles. The van der Waals surface area contributed by atoms with Gasteiger partial charge in [-0.3, -0.25) is 4.99 Å². The van der Waals surface area contributed by atoms with E-state index in [0.29, 0.717) is 6.54 Å². The van der Waals surface area contributed by atoms with Crippen LogP contribution in [0.25, 0.3) is 0 Å². The summed E-state index contributed by atoms with van der Waals surface area (Å²) in [6, 6.07) is 16.9. The summed E-state index contributed by atoms with van der Waals surface area (Å²) in [6.07, 6.45) is 5.64. The number of anilines is 1. The minimum atomic E-state index is 0.0615. The van der Waals surface area contributed by atoms with Crippen molar-refractivity contribution in [1.29, 1.82) is 0 Å². The number of hydrogen-bond acceptors (Lipinski definition) is 4. The molecule has 2 aromatic rings. The minimum Gasteiger partial charge on any atom is -0.376 e. The first-order chi connectivity index (χ1) is 12.7. The van der Waals surface area contributed by atoms with Gasteiger partial charge in [0.25, 0.3) is 0 Å². The van der Waals surface area contributed by atoms with Crippen molar-refractivity contribution >= 4 is 29.8 Å². The van der Waals surface area contributed by atoms with Gasteiger partial charge < -0.3 is 5.32 Å². The van der Waals surface area contributed by atoms with Crippen LogP contribution < -0.4 is 5.32 Å². The molecule has 0 aliphatic carbocycles. The van der Waals surface area contributed by atoms with Gasteiger partial charge in [0, 0.05) is 16.9 Å². The summed E-state index contributed by atoms with van der Waals surface area (Å²) in [7, 11) is 0. The van der Waals surface area contributed by atoms with Gasteiger partial charge in [-0.1, -0.05) is 49.7 Å². The van der Waals surface area contributed by atoms with Crippen molar-refractivity contribution in [2.75, 3.05) is 11.9 Å². The number of nitrogens with one attached hydrogen (secondary N) is 1. The van der Waals surface area contributed by atoms with Crippen molar-refractivity contribution in [3.8, 4) is 0 Å². The van der Waals surface area contributed by atoms with E-state index in [1.54, 1.807) is 0 Å². The molecule has 0 bridgehead atoms. The maximum atomic E-state index is 6.10. The average molecular weight is 369 g/mol. The summed E-state index contributed by atoms with van der Waals surface area (Å²) >= 11 is 6.10. The summed E-state index contributed by atoms with van der Waals surface area (Å²) in [5.41, 5.74) is 3.60. The number of hydrazone groups is 1. The molecule has 0 radical (unpaired) electrons. The molecule has 1 heterocycles. The minimum absolute atomic E-state index is 0.0615. The lowest BCUT2D eigenvalue weighted by Crippen LogP contribution is -2.39. The number of hydrogen-bond donors (Lipinski definition) is 1. The smallest absolute Gasteiger partial charge is 0.107 e. The number of aryl methyl sites for hydroxylation is 1. The van der Waals surface area contributed by atoms with Gasteiger partial charge in [-0.05, 0) is 48.2 Å². The van der Waals surface area contributed by atoms with E-state index in [2.05, 4.69) is 65.7 Å². The Morgan fingerprint density at radius 1 is 1.08 bits per heavy atom. The fourth-order valence-corrected chi connectivity index (χ4v) is 3.30. The second kappa shape index (κ2) is 8.86. The Balaban J connectivity index is 1.91. The van der Waals surface area contributed by atoms with Gasteiger partial charge in [-0.25, -0.2) is 5.01 Å². The third-order valence-corrected chi connectivity index (χ3v) is 4.91. The van der Waals surface area contributed by atoms with Crippen molar-refractivity contribution in [2.45, 2.75) is 38.8 Å². The fourth-order valence-electron chi connectivity index (χ4n) is 3.17. The van der Waals surface area contributed by atoms with E-state index in [0.717, 1.165) is 23.6 Å². The molecule has 0 fully saturated rings. The Morgan fingerprint density at radius 3 is 2.38 bits per heavy atom. The molecule has 0 amide bonds. The summed E-state index contributed by atoms with van der Waals surface area (Å²) in [4.78, 5) is 4.35. The highest BCUT2D eigenvalue weighted by molar-refractivity contribution is 6.30. The highest BCUT2D eigenvalue weighted by Gasteiger charge is 2.27. The Bertz CT molecular complexity index is 741. The standard InChI is InChI=1S/C21H25ClN4/c1-3-16-5-11-19(12-6-16)25-21(17-7-9-18(22)10-8-17)20(4-2)26-15-23-13-14-24-26/h5-12,14-15,20-21,25H,3-4,13H2,1-2H3. The molecule has 4 nitrogen and oxygen atoms in total. The van der Waals surface area contributed by atoms with Crippen LogP contribution in [0, 0.1) is 0 Å². The van der Waals surface area contributed by atoms with Crippen LogP contribution >= 0.6 is 11.6 Å². The van der Waals surface area contributed by atoms with Crippen LogP contribution in [-0.2, 0) is 6.42 Å². The van der Waals surface area contributed by atoms with E-state index in [1.165, 1.54) is 11.1 Å². The van der Waals surface area contributed by atoms with Gasteiger partial charge in [-0.2, -0.15) is 5.10 Å². The molecule has 0 saturated heterocycles. The van der Waals surface area contributed by atoms with E-state index in [4.69, 9.17) is 11.6 Å². The predicted molar refractivity (Wildman–Crippen MR) is 111 cm³/mol. The second-order valence-corrected chi connectivity index (χ2v) is 6.79. The number of aliphatic imine (C=N–C) groups is 1. The third-order valence-electron chi connectivity index (χ3n) is 4.66. The maximum absolute atomic E-state index is 6.10. The van der Waals surface area contributed by atoms with Crippen LogP contribution in [0.4, 0.5) is 5.69 Å². The van der Waals surface area contributed by atoms with E-state index in [-0.39, 0.29) is 12.1 Å². The lowest BCUT2D eigenvalue weighted by molar-refractivity contribution is 0.290. The van der Waals surface area contributed by atoms with Crippen LogP contribution in [0.15, 0.2) is 58.6 Å². The van der Waals surface area contributed by atoms with Crippen molar-refractivity contribution in [2.24, 2.45) is 10.1 Å². The van der Waals surface area contributed by atoms with Crippen LogP contribution in [-0.4, -0.2) is 30.1 Å². The molecule has 3 rings (SSSR count). The van der Waals surface area contributed by atoms with Gasteiger partial charge in [0.15, 0.2) is 0 Å². The Morgan fingerprint density at radius 2 is 1.81 bits per heavy atom. The first-order valence-electron chi connectivity index (χ1n) is 9.13. The number of benzene rings is 2. The zero-order valence-electron chi connectivity index (χ0n) is 15.3. The quantitative estimate of drug-likeness (QED) is 0.732. The topological polar surface area (TPSA) is 40.0 Å². The van der Waals surface area contributed by atoms with Crippen molar-refractivity contribution in [1.82, 2.24) is 5.01 Å². The molecular formula is C21H25ClN4. The molecule has 1 N–H and O–H groups in total. The summed E-state index contributed by atoms with van der Waals surface area (Å²) in [5.74, 6) is 0. The molecule has 0 spiro atoms. The van der Waals surface area contributed by atoms with Crippen molar-refractivity contribution in [3.05, 3.63) is 64.7 Å². The molecule has 0 saturated carbocycles. The maximum Gasteiger partial charge on any atom is 0.107 e. The normalized spacial score (nSPS) is 15.7. The van der Waals surface area contributed by atoms with Crippen LogP contribution in [0.5, 0.6) is 0 Å². The van der Waals surface area contributed by atoms with Gasteiger partial charge >= 0.3 is 0 Å². The lowest BCUT2D eigenvalue weighted by Gasteiger charge is -2.34. The lowest BCUT2D eigenvalue weighted by atomic mass is 9.96. The Kier molecular flexibility index (Phi) is 6.29. The molecule has 2 atom stereocenters. The fraction of sp³-hybridized carbons (Fsp3) is 0.333. The predicted octanol–water partition coefficient (Wildman–Crippen LogP) is 5.16. The largest absolute Gasteiger partial charge is 0.376 e. The highest BCUT2D eigenvalue weighted by Crippen LogP contribution is 2.29.